The Morgan fingerprint density at radius 1 is 1.47 bits per heavy atom. The number of nitrogens with zero attached hydrogens (tertiary/aromatic N) is 3. The van der Waals surface area contributed by atoms with Crippen molar-refractivity contribution >= 4 is 5.91 Å². The molecular weight excluding hydrogens is 216 g/mol. The van der Waals surface area contributed by atoms with E-state index in [-0.39, 0.29) is 12.5 Å². The highest BCUT2D eigenvalue weighted by atomic mass is 16.1. The van der Waals surface area contributed by atoms with E-state index >= 15 is 0 Å². The van der Waals surface area contributed by atoms with Gasteiger partial charge in [-0.2, -0.15) is 0 Å². The highest BCUT2D eigenvalue weighted by Gasteiger charge is 1.99. The molecule has 0 saturated heterocycles. The summed E-state index contributed by atoms with van der Waals surface area (Å²) in [6.45, 7) is 0.163. The lowest BCUT2D eigenvalue weighted by Crippen LogP contribution is -2.19. The van der Waals surface area contributed by atoms with Crippen LogP contribution in [0, 0.1) is 11.8 Å². The van der Waals surface area contributed by atoms with Gasteiger partial charge in [0.15, 0.2) is 0 Å². The van der Waals surface area contributed by atoms with Gasteiger partial charge in [0.05, 0.1) is 13.0 Å². The number of benzene rings is 1. The molecule has 1 aromatic rings. The van der Waals surface area contributed by atoms with Gasteiger partial charge in [0, 0.05) is 17.5 Å². The van der Waals surface area contributed by atoms with E-state index in [2.05, 4.69) is 27.2 Å². The van der Waals surface area contributed by atoms with E-state index in [1.54, 1.807) is 7.05 Å². The van der Waals surface area contributed by atoms with Crippen molar-refractivity contribution in [2.75, 3.05) is 13.6 Å². The molecule has 1 N–H and O–H groups in total. The number of carbonyl (C=O) groups is 1. The molecule has 1 amide bonds. The van der Waals surface area contributed by atoms with Crippen molar-refractivity contribution in [3.8, 4) is 11.8 Å². The van der Waals surface area contributed by atoms with Crippen molar-refractivity contribution in [1.29, 1.82) is 0 Å². The van der Waals surface area contributed by atoms with Crippen molar-refractivity contribution in [2.45, 2.75) is 6.42 Å². The number of carbonyl (C=O) groups excluding carboxylic acids is 1. The third kappa shape index (κ3) is 4.74. The largest absolute Gasteiger partial charge is 0.359 e. The summed E-state index contributed by atoms with van der Waals surface area (Å²) in [6, 6.07) is 7.38. The Kier molecular flexibility index (Phi) is 5.15. The van der Waals surface area contributed by atoms with Gasteiger partial charge in [-0.25, -0.2) is 0 Å². The second-order valence-electron chi connectivity index (χ2n) is 3.24. The molecule has 0 fully saturated rings. The first-order chi connectivity index (χ1) is 8.26. The molecular formula is C12H12N4O. The number of likely N-dealkylation sites (N-methyl/N-ethyl adjacent to an activating group) is 1. The zero-order valence-electron chi connectivity index (χ0n) is 9.47. The van der Waals surface area contributed by atoms with E-state index < -0.39 is 0 Å². The van der Waals surface area contributed by atoms with Crippen molar-refractivity contribution < 1.29 is 4.79 Å². The van der Waals surface area contributed by atoms with Crippen LogP contribution in [0.5, 0.6) is 0 Å². The third-order valence-corrected chi connectivity index (χ3v) is 2.04. The minimum absolute atomic E-state index is 0.0211. The van der Waals surface area contributed by atoms with E-state index in [4.69, 9.17) is 5.53 Å². The van der Waals surface area contributed by atoms with Crippen LogP contribution in [0.15, 0.2) is 29.4 Å². The fourth-order valence-corrected chi connectivity index (χ4v) is 1.19. The van der Waals surface area contributed by atoms with Gasteiger partial charge in [0.1, 0.15) is 0 Å². The molecule has 1 rings (SSSR count). The molecule has 5 nitrogen and oxygen atoms in total. The molecule has 0 bridgehead atoms. The Hall–Kier alpha value is -2.44. The summed E-state index contributed by atoms with van der Waals surface area (Å²) in [5.41, 5.74) is 9.83. The first-order valence-corrected chi connectivity index (χ1v) is 5.05. The van der Waals surface area contributed by atoms with Gasteiger partial charge in [-0.15, -0.1) is 0 Å². The minimum atomic E-state index is -0.0211. The number of amides is 1. The van der Waals surface area contributed by atoms with Crippen LogP contribution < -0.4 is 5.32 Å². The Bertz CT molecular complexity index is 489. The molecule has 86 valence electrons. The summed E-state index contributed by atoms with van der Waals surface area (Å²) in [5, 5.41) is 5.87. The van der Waals surface area contributed by atoms with Crippen molar-refractivity contribution in [3.63, 3.8) is 0 Å². The average molecular weight is 228 g/mol. The second-order valence-corrected chi connectivity index (χ2v) is 3.24. The van der Waals surface area contributed by atoms with Crippen LogP contribution in [-0.4, -0.2) is 19.5 Å². The number of rotatable bonds is 3. The van der Waals surface area contributed by atoms with E-state index in [1.807, 2.05) is 24.3 Å². The van der Waals surface area contributed by atoms with Gasteiger partial charge in [-0.05, 0) is 23.2 Å². The van der Waals surface area contributed by atoms with Gasteiger partial charge >= 0.3 is 0 Å². The molecule has 0 spiro atoms. The number of hydrogen-bond acceptors (Lipinski definition) is 2. The van der Waals surface area contributed by atoms with Gasteiger partial charge < -0.3 is 5.32 Å². The van der Waals surface area contributed by atoms with Crippen LogP contribution in [0.25, 0.3) is 10.4 Å². The molecule has 0 aliphatic carbocycles. The zero-order chi connectivity index (χ0) is 12.5. The summed E-state index contributed by atoms with van der Waals surface area (Å²) in [5.74, 6) is 5.56. The van der Waals surface area contributed by atoms with Crippen LogP contribution in [0.4, 0.5) is 0 Å². The van der Waals surface area contributed by atoms with Gasteiger partial charge in [0.2, 0.25) is 5.91 Å². The molecule has 0 heterocycles. The lowest BCUT2D eigenvalue weighted by molar-refractivity contribution is -0.119. The standard InChI is InChI=1S/C12H12N4O/c1-14-12(17)9-11-6-4-10(5-7-11)3-2-8-15-16-13/h4-7H,8-9H2,1H3,(H,14,17). The highest BCUT2D eigenvalue weighted by molar-refractivity contribution is 5.78. The summed E-state index contributed by atoms with van der Waals surface area (Å²) >= 11 is 0. The maximum Gasteiger partial charge on any atom is 0.224 e. The molecule has 0 aromatic heterocycles. The Morgan fingerprint density at radius 2 is 2.18 bits per heavy atom. The number of nitrogens with one attached hydrogen (secondary N) is 1. The SMILES string of the molecule is CNC(=O)Cc1ccc(C#CCN=[N+]=[N-])cc1. The fourth-order valence-electron chi connectivity index (χ4n) is 1.19. The molecule has 0 atom stereocenters. The smallest absolute Gasteiger partial charge is 0.224 e. The first-order valence-electron chi connectivity index (χ1n) is 5.05. The zero-order valence-corrected chi connectivity index (χ0v) is 9.47. The van der Waals surface area contributed by atoms with Gasteiger partial charge in [-0.3, -0.25) is 4.79 Å². The molecule has 17 heavy (non-hydrogen) atoms. The van der Waals surface area contributed by atoms with Crippen LogP contribution >= 0.6 is 0 Å². The summed E-state index contributed by atoms with van der Waals surface area (Å²) < 4.78 is 0. The van der Waals surface area contributed by atoms with E-state index in [0.717, 1.165) is 11.1 Å². The predicted molar refractivity (Wildman–Crippen MR) is 65.1 cm³/mol. The van der Waals surface area contributed by atoms with Crippen LogP contribution in [-0.2, 0) is 11.2 Å². The molecule has 1 aromatic carbocycles. The van der Waals surface area contributed by atoms with E-state index in [9.17, 15) is 4.79 Å². The summed E-state index contributed by atoms with van der Waals surface area (Å²) in [6.07, 6.45) is 0.364. The minimum Gasteiger partial charge on any atom is -0.359 e. The number of azide groups is 1. The molecule has 0 saturated carbocycles. The molecule has 0 aliphatic heterocycles. The Balaban J connectivity index is 2.63. The summed E-state index contributed by atoms with van der Waals surface area (Å²) in [7, 11) is 1.61. The quantitative estimate of drug-likeness (QED) is 0.363. The van der Waals surface area contributed by atoms with E-state index in [1.165, 1.54) is 0 Å². The van der Waals surface area contributed by atoms with Gasteiger partial charge in [-0.1, -0.05) is 29.1 Å². The third-order valence-electron chi connectivity index (χ3n) is 2.04. The highest BCUT2D eigenvalue weighted by Crippen LogP contribution is 2.04. The average Bonchev–Trinajstić information content (AvgIpc) is 2.36. The molecule has 0 radical (unpaired) electrons. The monoisotopic (exact) mass is 228 g/mol. The van der Waals surface area contributed by atoms with Gasteiger partial charge in [0.25, 0.3) is 0 Å². The van der Waals surface area contributed by atoms with E-state index in [0.29, 0.717) is 6.42 Å². The normalized spacial score (nSPS) is 8.53. The Labute approximate surface area is 99.5 Å². The predicted octanol–water partition coefficient (Wildman–Crippen LogP) is 1.64. The fraction of sp³-hybridized carbons (Fsp3) is 0.250. The summed E-state index contributed by atoms with van der Waals surface area (Å²) in [4.78, 5) is 13.7. The van der Waals surface area contributed by atoms with Crippen LogP contribution in [0.3, 0.4) is 0 Å². The molecule has 5 heteroatoms. The van der Waals surface area contributed by atoms with Crippen LogP contribution in [0.2, 0.25) is 0 Å². The lowest BCUT2D eigenvalue weighted by Gasteiger charge is -1.99. The number of hydrogen-bond donors (Lipinski definition) is 1. The second kappa shape index (κ2) is 6.94. The topological polar surface area (TPSA) is 77.9 Å². The maximum absolute atomic E-state index is 11.1. The first kappa shape index (κ1) is 12.6. The molecule has 0 unspecified atom stereocenters. The van der Waals surface area contributed by atoms with Crippen LogP contribution in [0.1, 0.15) is 11.1 Å². The molecule has 0 aliphatic rings. The lowest BCUT2D eigenvalue weighted by atomic mass is 10.1. The van der Waals surface area contributed by atoms with Crippen molar-refractivity contribution in [1.82, 2.24) is 5.32 Å². The maximum atomic E-state index is 11.1. The van der Waals surface area contributed by atoms with Crippen molar-refractivity contribution in [2.24, 2.45) is 5.11 Å². The van der Waals surface area contributed by atoms with Crippen molar-refractivity contribution in [3.05, 3.63) is 45.8 Å². The Morgan fingerprint density at radius 3 is 2.76 bits per heavy atom.